The van der Waals surface area contributed by atoms with Crippen LogP contribution in [-0.4, -0.2) is 56.4 Å². The molecular weight excluding hydrogens is 356 g/mol. The molecule has 28 heavy (non-hydrogen) atoms. The van der Waals surface area contributed by atoms with Crippen LogP contribution in [0.25, 0.3) is 0 Å². The molecule has 0 spiro atoms. The van der Waals surface area contributed by atoms with Gasteiger partial charge in [-0.25, -0.2) is 0 Å². The SMILES string of the molecule is NCCCOC1CCN(C(=O)C2(c3ccc4c(c3)OCCO4)CCCC2)CC1. The van der Waals surface area contributed by atoms with Crippen molar-refractivity contribution in [1.29, 1.82) is 0 Å². The van der Waals surface area contributed by atoms with Gasteiger partial charge in [-0.1, -0.05) is 18.9 Å². The summed E-state index contributed by atoms with van der Waals surface area (Å²) >= 11 is 0. The second-order valence-corrected chi connectivity index (χ2v) is 8.15. The topological polar surface area (TPSA) is 74.0 Å². The Bertz CT molecular complexity index is 679. The van der Waals surface area contributed by atoms with E-state index in [2.05, 4.69) is 11.0 Å². The van der Waals surface area contributed by atoms with Crippen LogP contribution in [0.5, 0.6) is 11.5 Å². The molecule has 1 amide bonds. The number of ether oxygens (including phenoxy) is 3. The van der Waals surface area contributed by atoms with Crippen LogP contribution in [0, 0.1) is 0 Å². The standard InChI is InChI=1S/C22H32N2O4/c23-10-3-13-26-18-6-11-24(12-7-18)21(25)22(8-1-2-9-22)17-4-5-19-20(16-17)28-15-14-27-19/h4-5,16,18H,1-3,6-15,23H2. The number of carbonyl (C=O) groups excluding carboxylic acids is 1. The van der Waals surface area contributed by atoms with Gasteiger partial charge in [0.25, 0.3) is 0 Å². The monoisotopic (exact) mass is 388 g/mol. The number of carbonyl (C=O) groups is 1. The van der Waals surface area contributed by atoms with Crippen molar-refractivity contribution in [2.24, 2.45) is 5.73 Å². The number of benzene rings is 1. The molecule has 2 aliphatic heterocycles. The van der Waals surface area contributed by atoms with Crippen LogP contribution in [0.2, 0.25) is 0 Å². The minimum absolute atomic E-state index is 0.254. The summed E-state index contributed by atoms with van der Waals surface area (Å²) in [6.07, 6.45) is 6.99. The van der Waals surface area contributed by atoms with Crippen LogP contribution in [0.1, 0.15) is 50.5 Å². The summed E-state index contributed by atoms with van der Waals surface area (Å²) in [5.41, 5.74) is 6.21. The molecule has 154 valence electrons. The lowest BCUT2D eigenvalue weighted by Gasteiger charge is -2.39. The van der Waals surface area contributed by atoms with Crippen LogP contribution in [-0.2, 0) is 14.9 Å². The van der Waals surface area contributed by atoms with Gasteiger partial charge in [-0.2, -0.15) is 0 Å². The molecule has 2 fully saturated rings. The van der Waals surface area contributed by atoms with E-state index >= 15 is 0 Å². The number of nitrogens with zero attached hydrogens (tertiary/aromatic N) is 1. The maximum atomic E-state index is 13.7. The molecule has 1 aromatic carbocycles. The number of fused-ring (bicyclic) bond motifs is 1. The highest BCUT2D eigenvalue weighted by molar-refractivity contribution is 5.89. The first-order chi connectivity index (χ1) is 13.7. The molecule has 6 nitrogen and oxygen atoms in total. The van der Waals surface area contributed by atoms with Crippen LogP contribution >= 0.6 is 0 Å². The van der Waals surface area contributed by atoms with Crippen molar-refractivity contribution in [3.8, 4) is 11.5 Å². The predicted octanol–water partition coefficient (Wildman–Crippen LogP) is 2.63. The molecular formula is C22H32N2O4. The number of piperidine rings is 1. The van der Waals surface area contributed by atoms with Gasteiger partial charge in [0.2, 0.25) is 5.91 Å². The first-order valence-electron chi connectivity index (χ1n) is 10.7. The van der Waals surface area contributed by atoms with Crippen molar-refractivity contribution in [2.75, 3.05) is 39.5 Å². The molecule has 3 aliphatic rings. The lowest BCUT2D eigenvalue weighted by molar-refractivity contribution is -0.140. The second kappa shape index (κ2) is 8.70. The highest BCUT2D eigenvalue weighted by Gasteiger charge is 2.46. The van der Waals surface area contributed by atoms with Crippen LogP contribution in [0.15, 0.2) is 18.2 Å². The Labute approximate surface area is 167 Å². The lowest BCUT2D eigenvalue weighted by atomic mass is 9.77. The van der Waals surface area contributed by atoms with E-state index in [4.69, 9.17) is 19.9 Å². The molecule has 0 unspecified atom stereocenters. The summed E-state index contributed by atoms with van der Waals surface area (Å²) in [6.45, 7) is 4.08. The van der Waals surface area contributed by atoms with E-state index < -0.39 is 5.41 Å². The number of likely N-dealkylation sites (tertiary alicyclic amines) is 1. The van der Waals surface area contributed by atoms with Gasteiger partial charge in [-0.15, -0.1) is 0 Å². The fourth-order valence-corrected chi connectivity index (χ4v) is 4.81. The van der Waals surface area contributed by atoms with Crippen molar-refractivity contribution in [1.82, 2.24) is 4.90 Å². The fraction of sp³-hybridized carbons (Fsp3) is 0.682. The van der Waals surface area contributed by atoms with Crippen molar-refractivity contribution in [3.63, 3.8) is 0 Å². The largest absolute Gasteiger partial charge is 0.486 e. The van der Waals surface area contributed by atoms with Crippen LogP contribution < -0.4 is 15.2 Å². The number of hydrogen-bond acceptors (Lipinski definition) is 5. The van der Waals surface area contributed by atoms with Gasteiger partial charge in [0.05, 0.1) is 11.5 Å². The zero-order valence-electron chi connectivity index (χ0n) is 16.7. The Balaban J connectivity index is 1.47. The fourth-order valence-electron chi connectivity index (χ4n) is 4.81. The van der Waals surface area contributed by atoms with Gasteiger partial charge < -0.3 is 24.8 Å². The van der Waals surface area contributed by atoms with Crippen LogP contribution in [0.3, 0.4) is 0 Å². The van der Waals surface area contributed by atoms with E-state index in [1.54, 1.807) is 0 Å². The summed E-state index contributed by atoms with van der Waals surface area (Å²) in [6, 6.07) is 6.08. The quantitative estimate of drug-likeness (QED) is 0.759. The third kappa shape index (κ3) is 3.85. The average molecular weight is 389 g/mol. The van der Waals surface area contributed by atoms with E-state index in [1.165, 1.54) is 0 Å². The summed E-state index contributed by atoms with van der Waals surface area (Å²) in [5, 5.41) is 0. The predicted molar refractivity (Wildman–Crippen MR) is 107 cm³/mol. The van der Waals surface area contributed by atoms with Crippen LogP contribution in [0.4, 0.5) is 0 Å². The first-order valence-corrected chi connectivity index (χ1v) is 10.7. The summed E-state index contributed by atoms with van der Waals surface area (Å²) in [4.78, 5) is 15.7. The number of amides is 1. The molecule has 6 heteroatoms. The van der Waals surface area contributed by atoms with Gasteiger partial charge >= 0.3 is 0 Å². The molecule has 0 radical (unpaired) electrons. The molecule has 1 aromatic rings. The summed E-state index contributed by atoms with van der Waals surface area (Å²) < 4.78 is 17.3. The molecule has 2 heterocycles. The second-order valence-electron chi connectivity index (χ2n) is 8.15. The van der Waals surface area contributed by atoms with Gasteiger partial charge in [0.1, 0.15) is 13.2 Å². The smallest absolute Gasteiger partial charge is 0.233 e. The minimum Gasteiger partial charge on any atom is -0.486 e. The van der Waals surface area contributed by atoms with Gasteiger partial charge in [-0.3, -0.25) is 4.79 Å². The highest BCUT2D eigenvalue weighted by atomic mass is 16.6. The first kappa shape index (κ1) is 19.5. The van der Waals surface area contributed by atoms with Gasteiger partial charge in [-0.05, 0) is 56.3 Å². The number of nitrogens with two attached hydrogens (primary N) is 1. The third-order valence-corrected chi connectivity index (χ3v) is 6.39. The minimum atomic E-state index is -0.414. The summed E-state index contributed by atoms with van der Waals surface area (Å²) in [5.74, 6) is 1.84. The lowest BCUT2D eigenvalue weighted by Crippen LogP contribution is -2.49. The van der Waals surface area contributed by atoms with E-state index in [9.17, 15) is 4.79 Å². The Morgan fingerprint density at radius 1 is 1.14 bits per heavy atom. The number of hydrogen-bond donors (Lipinski definition) is 1. The number of rotatable bonds is 6. The highest BCUT2D eigenvalue weighted by Crippen LogP contribution is 2.45. The van der Waals surface area contributed by atoms with E-state index in [0.29, 0.717) is 19.8 Å². The van der Waals surface area contributed by atoms with E-state index in [-0.39, 0.29) is 12.0 Å². The zero-order valence-corrected chi connectivity index (χ0v) is 16.7. The normalized spacial score (nSPS) is 21.7. The van der Waals surface area contributed by atoms with Crippen molar-refractivity contribution in [3.05, 3.63) is 23.8 Å². The van der Waals surface area contributed by atoms with Gasteiger partial charge in [0, 0.05) is 19.7 Å². The van der Waals surface area contributed by atoms with E-state index in [1.807, 2.05) is 12.1 Å². The summed E-state index contributed by atoms with van der Waals surface area (Å²) in [7, 11) is 0. The molecule has 0 atom stereocenters. The average Bonchev–Trinajstić information content (AvgIpc) is 3.25. The maximum Gasteiger partial charge on any atom is 0.233 e. The molecule has 0 bridgehead atoms. The van der Waals surface area contributed by atoms with Crippen molar-refractivity contribution >= 4 is 5.91 Å². The Kier molecular flexibility index (Phi) is 6.07. The van der Waals surface area contributed by atoms with Crippen molar-refractivity contribution < 1.29 is 19.0 Å². The zero-order chi connectivity index (χ0) is 19.4. The molecule has 1 saturated carbocycles. The Morgan fingerprint density at radius 2 is 1.86 bits per heavy atom. The van der Waals surface area contributed by atoms with E-state index in [0.717, 1.165) is 81.7 Å². The maximum absolute atomic E-state index is 13.7. The molecule has 0 aromatic heterocycles. The molecule has 1 saturated heterocycles. The Morgan fingerprint density at radius 3 is 2.57 bits per heavy atom. The Hall–Kier alpha value is -1.79. The molecule has 4 rings (SSSR count). The third-order valence-electron chi connectivity index (χ3n) is 6.39. The molecule has 1 aliphatic carbocycles. The molecule has 2 N–H and O–H groups in total. The van der Waals surface area contributed by atoms with Gasteiger partial charge in [0.15, 0.2) is 11.5 Å². The van der Waals surface area contributed by atoms with Crippen molar-refractivity contribution in [2.45, 2.75) is 56.5 Å².